The van der Waals surface area contributed by atoms with Gasteiger partial charge in [-0.05, 0) is 24.5 Å². The van der Waals surface area contributed by atoms with Crippen LogP contribution in [0.2, 0.25) is 0 Å². The average Bonchev–Trinajstić information content (AvgIpc) is 2.82. The molecule has 0 spiro atoms. The first-order chi connectivity index (χ1) is 7.77. The van der Waals surface area contributed by atoms with Crippen LogP contribution in [-0.2, 0) is 0 Å². The fraction of sp³-hybridized carbons (Fsp3) is 0.643. The number of aromatic nitrogens is 1. The van der Waals surface area contributed by atoms with Crippen molar-refractivity contribution in [2.75, 3.05) is 0 Å². The second-order valence-electron chi connectivity index (χ2n) is 5.00. The molecule has 1 fully saturated rings. The van der Waals surface area contributed by atoms with Crippen molar-refractivity contribution in [1.29, 1.82) is 0 Å². The van der Waals surface area contributed by atoms with Crippen molar-refractivity contribution in [3.63, 3.8) is 0 Å². The van der Waals surface area contributed by atoms with E-state index in [2.05, 4.69) is 11.9 Å². The van der Waals surface area contributed by atoms with Gasteiger partial charge in [-0.3, -0.25) is 4.98 Å². The monoisotopic (exact) mass is 219 g/mol. The highest BCUT2D eigenvalue weighted by atomic mass is 16.3. The van der Waals surface area contributed by atoms with Gasteiger partial charge in [-0.15, -0.1) is 0 Å². The Bertz CT molecular complexity index is 306. The van der Waals surface area contributed by atoms with Crippen LogP contribution in [0.1, 0.15) is 50.6 Å². The molecule has 0 aromatic carbocycles. The second kappa shape index (κ2) is 5.44. The van der Waals surface area contributed by atoms with Crippen LogP contribution >= 0.6 is 0 Å². The molecule has 1 N–H and O–H groups in total. The molecular formula is C14H21NO. The van der Waals surface area contributed by atoms with Crippen molar-refractivity contribution < 1.29 is 5.11 Å². The summed E-state index contributed by atoms with van der Waals surface area (Å²) in [5, 5.41) is 10.2. The zero-order chi connectivity index (χ0) is 11.4. The van der Waals surface area contributed by atoms with Crippen LogP contribution in [0.5, 0.6) is 0 Å². The Morgan fingerprint density at radius 1 is 1.38 bits per heavy atom. The van der Waals surface area contributed by atoms with Crippen molar-refractivity contribution in [1.82, 2.24) is 4.98 Å². The van der Waals surface area contributed by atoms with E-state index in [0.717, 1.165) is 18.0 Å². The largest absolute Gasteiger partial charge is 0.392 e. The summed E-state index contributed by atoms with van der Waals surface area (Å²) in [7, 11) is 0. The molecule has 1 aliphatic rings. The Labute approximate surface area is 97.7 Å². The Morgan fingerprint density at radius 2 is 2.12 bits per heavy atom. The van der Waals surface area contributed by atoms with Gasteiger partial charge in [0.15, 0.2) is 0 Å². The minimum atomic E-state index is -0.238. The van der Waals surface area contributed by atoms with Gasteiger partial charge in [0, 0.05) is 17.8 Å². The first-order valence-electron chi connectivity index (χ1n) is 6.36. The van der Waals surface area contributed by atoms with Gasteiger partial charge < -0.3 is 5.11 Å². The predicted octanol–water partition coefficient (Wildman–Crippen LogP) is 3.13. The highest BCUT2D eigenvalue weighted by molar-refractivity contribution is 5.10. The molecule has 2 nitrogen and oxygen atoms in total. The summed E-state index contributed by atoms with van der Waals surface area (Å²) in [5.41, 5.74) is 1.01. The van der Waals surface area contributed by atoms with Crippen LogP contribution in [-0.4, -0.2) is 16.2 Å². The molecule has 1 aliphatic carbocycles. The van der Waals surface area contributed by atoms with Gasteiger partial charge in [-0.25, -0.2) is 0 Å². The minimum Gasteiger partial charge on any atom is -0.392 e. The maximum Gasteiger partial charge on any atom is 0.0623 e. The highest BCUT2D eigenvalue weighted by Gasteiger charge is 2.23. The van der Waals surface area contributed by atoms with Crippen molar-refractivity contribution >= 4 is 0 Å². The topological polar surface area (TPSA) is 33.1 Å². The third-order valence-corrected chi connectivity index (χ3v) is 3.78. The molecule has 1 heterocycles. The zero-order valence-electron chi connectivity index (χ0n) is 9.97. The average molecular weight is 219 g/mol. The zero-order valence-corrected chi connectivity index (χ0v) is 9.97. The molecule has 1 aromatic rings. The molecule has 0 saturated heterocycles. The molecule has 2 rings (SSSR count). The summed E-state index contributed by atoms with van der Waals surface area (Å²) in [6, 6.07) is 5.91. The third kappa shape index (κ3) is 2.82. The lowest BCUT2D eigenvalue weighted by molar-refractivity contribution is 0.118. The fourth-order valence-electron chi connectivity index (χ4n) is 2.63. The van der Waals surface area contributed by atoms with Gasteiger partial charge in [-0.1, -0.05) is 38.7 Å². The van der Waals surface area contributed by atoms with Gasteiger partial charge in [0.2, 0.25) is 0 Å². The lowest BCUT2D eigenvalue weighted by Gasteiger charge is -2.21. The van der Waals surface area contributed by atoms with Crippen LogP contribution < -0.4 is 0 Å². The first-order valence-corrected chi connectivity index (χ1v) is 6.36. The fourth-order valence-corrected chi connectivity index (χ4v) is 2.63. The summed E-state index contributed by atoms with van der Waals surface area (Å²) in [4.78, 5) is 4.31. The molecule has 2 atom stereocenters. The van der Waals surface area contributed by atoms with E-state index in [-0.39, 0.29) is 12.0 Å². The second-order valence-corrected chi connectivity index (χ2v) is 5.00. The lowest BCUT2D eigenvalue weighted by atomic mass is 9.91. The first kappa shape index (κ1) is 11.6. The van der Waals surface area contributed by atoms with Crippen LogP contribution in [0.15, 0.2) is 24.4 Å². The standard InChI is InChI=1S/C14H21NO/c1-11(13-8-4-5-9-15-13)14(16)10-12-6-2-3-7-12/h4-5,8-9,11-12,14,16H,2-3,6-7,10H2,1H3. The third-order valence-electron chi connectivity index (χ3n) is 3.78. The van der Waals surface area contributed by atoms with E-state index in [4.69, 9.17) is 0 Å². The number of aliphatic hydroxyl groups excluding tert-OH is 1. The van der Waals surface area contributed by atoms with Gasteiger partial charge >= 0.3 is 0 Å². The molecular weight excluding hydrogens is 198 g/mol. The molecule has 1 saturated carbocycles. The van der Waals surface area contributed by atoms with Gasteiger partial charge in [0.25, 0.3) is 0 Å². The van der Waals surface area contributed by atoms with E-state index in [1.165, 1.54) is 25.7 Å². The van der Waals surface area contributed by atoms with Gasteiger partial charge in [-0.2, -0.15) is 0 Å². The maximum absolute atomic E-state index is 10.2. The number of pyridine rings is 1. The molecule has 1 aromatic heterocycles. The van der Waals surface area contributed by atoms with E-state index in [9.17, 15) is 5.11 Å². The molecule has 2 heteroatoms. The van der Waals surface area contributed by atoms with E-state index >= 15 is 0 Å². The van der Waals surface area contributed by atoms with Crippen molar-refractivity contribution in [3.8, 4) is 0 Å². The van der Waals surface area contributed by atoms with Crippen LogP contribution in [0, 0.1) is 5.92 Å². The smallest absolute Gasteiger partial charge is 0.0623 e. The number of hydrogen-bond donors (Lipinski definition) is 1. The van der Waals surface area contributed by atoms with E-state index in [1.54, 1.807) is 6.20 Å². The number of rotatable bonds is 4. The predicted molar refractivity (Wildman–Crippen MR) is 65.2 cm³/mol. The summed E-state index contributed by atoms with van der Waals surface area (Å²) in [5.74, 6) is 0.892. The Morgan fingerprint density at radius 3 is 2.75 bits per heavy atom. The van der Waals surface area contributed by atoms with Crippen LogP contribution in [0.4, 0.5) is 0 Å². The Hall–Kier alpha value is -0.890. The van der Waals surface area contributed by atoms with Crippen LogP contribution in [0.3, 0.4) is 0 Å². The summed E-state index contributed by atoms with van der Waals surface area (Å²) >= 11 is 0. The summed E-state index contributed by atoms with van der Waals surface area (Å²) < 4.78 is 0. The molecule has 0 bridgehead atoms. The Balaban J connectivity index is 1.91. The van der Waals surface area contributed by atoms with Gasteiger partial charge in [0.1, 0.15) is 0 Å². The van der Waals surface area contributed by atoms with Crippen molar-refractivity contribution in [3.05, 3.63) is 30.1 Å². The van der Waals surface area contributed by atoms with Crippen molar-refractivity contribution in [2.45, 2.75) is 51.0 Å². The molecule has 0 aliphatic heterocycles. The molecule has 0 radical (unpaired) electrons. The molecule has 88 valence electrons. The van der Waals surface area contributed by atoms with Crippen LogP contribution in [0.25, 0.3) is 0 Å². The highest BCUT2D eigenvalue weighted by Crippen LogP contribution is 2.31. The number of aliphatic hydroxyl groups is 1. The lowest BCUT2D eigenvalue weighted by Crippen LogP contribution is -2.19. The van der Waals surface area contributed by atoms with E-state index in [0.29, 0.717) is 0 Å². The van der Waals surface area contributed by atoms with Crippen molar-refractivity contribution in [2.24, 2.45) is 5.92 Å². The van der Waals surface area contributed by atoms with E-state index < -0.39 is 0 Å². The number of hydrogen-bond acceptors (Lipinski definition) is 2. The summed E-state index contributed by atoms with van der Waals surface area (Å²) in [6.45, 7) is 2.07. The van der Waals surface area contributed by atoms with E-state index in [1.807, 2.05) is 18.2 Å². The number of nitrogens with zero attached hydrogens (tertiary/aromatic N) is 1. The minimum absolute atomic E-state index is 0.154. The Kier molecular flexibility index (Phi) is 3.94. The molecule has 0 amide bonds. The quantitative estimate of drug-likeness (QED) is 0.844. The molecule has 16 heavy (non-hydrogen) atoms. The SMILES string of the molecule is CC(c1ccccn1)C(O)CC1CCCC1. The summed E-state index contributed by atoms with van der Waals surface area (Å²) in [6.07, 6.45) is 7.78. The van der Waals surface area contributed by atoms with Gasteiger partial charge in [0.05, 0.1) is 6.10 Å². The maximum atomic E-state index is 10.2. The molecule has 2 unspecified atom stereocenters. The normalized spacial score (nSPS) is 20.9.